The number of nitrogens with two attached hydrogens (primary N) is 1. The second kappa shape index (κ2) is 11.8. The number of aryl methyl sites for hydroxylation is 1. The first-order valence-electron chi connectivity index (χ1n) is 13.1. The number of ether oxygens (including phenoxy) is 2. The fourth-order valence-electron chi connectivity index (χ4n) is 4.95. The molecule has 0 bridgehead atoms. The van der Waals surface area contributed by atoms with Crippen molar-refractivity contribution >= 4 is 34.9 Å². The van der Waals surface area contributed by atoms with Crippen LogP contribution in [0.4, 0.5) is 4.39 Å². The molecular weight excluding hydrogens is 549 g/mol. The van der Waals surface area contributed by atoms with E-state index < -0.39 is 23.6 Å². The minimum Gasteiger partial charge on any atom is -0.384 e. The molecule has 3 aromatic rings. The SMILES string of the molecule is Cc1cc(-c2ccc(C(=O)NCC(=O)N3CC4(CC3C(=O)NCc3cc(C(=N)N)cs3)OCCO4)cc2)ccc1F. The molecule has 2 saturated heterocycles. The van der Waals surface area contributed by atoms with Crippen molar-refractivity contribution in [2.75, 3.05) is 26.3 Å². The summed E-state index contributed by atoms with van der Waals surface area (Å²) in [5.74, 6) is -2.64. The molecule has 1 aromatic heterocycles. The summed E-state index contributed by atoms with van der Waals surface area (Å²) in [5.41, 5.74) is 8.64. The number of halogens is 1. The summed E-state index contributed by atoms with van der Waals surface area (Å²) in [6, 6.07) is 12.5. The normalized spacial score (nSPS) is 17.5. The van der Waals surface area contributed by atoms with Gasteiger partial charge in [-0.15, -0.1) is 11.3 Å². The first-order valence-corrected chi connectivity index (χ1v) is 13.9. The van der Waals surface area contributed by atoms with Gasteiger partial charge in [-0.3, -0.25) is 19.8 Å². The number of likely N-dealkylation sites (tertiary alicyclic amines) is 1. The van der Waals surface area contributed by atoms with Crippen molar-refractivity contribution in [2.45, 2.75) is 31.7 Å². The van der Waals surface area contributed by atoms with Crippen molar-refractivity contribution in [3.8, 4) is 11.1 Å². The highest BCUT2D eigenvalue weighted by atomic mass is 32.1. The number of rotatable bonds is 8. The monoisotopic (exact) mass is 579 g/mol. The predicted octanol–water partition coefficient (Wildman–Crippen LogP) is 2.54. The van der Waals surface area contributed by atoms with E-state index in [-0.39, 0.29) is 43.6 Å². The summed E-state index contributed by atoms with van der Waals surface area (Å²) < 4.78 is 25.1. The van der Waals surface area contributed by atoms with Gasteiger partial charge in [0.2, 0.25) is 11.8 Å². The van der Waals surface area contributed by atoms with Gasteiger partial charge in [-0.2, -0.15) is 0 Å². The van der Waals surface area contributed by atoms with E-state index in [1.165, 1.54) is 22.3 Å². The number of thiophene rings is 1. The lowest BCUT2D eigenvalue weighted by Gasteiger charge is -2.24. The number of nitrogens with one attached hydrogen (secondary N) is 3. The molecule has 0 saturated carbocycles. The average molecular weight is 580 g/mol. The molecule has 2 aromatic carbocycles. The Bertz CT molecular complexity index is 1480. The van der Waals surface area contributed by atoms with Crippen molar-refractivity contribution in [2.24, 2.45) is 5.73 Å². The van der Waals surface area contributed by atoms with Gasteiger partial charge in [-0.05, 0) is 53.9 Å². The maximum absolute atomic E-state index is 13.6. The first-order chi connectivity index (χ1) is 19.6. The Morgan fingerprint density at radius 3 is 2.44 bits per heavy atom. The lowest BCUT2D eigenvalue weighted by Crippen LogP contribution is -2.49. The second-order valence-corrected chi connectivity index (χ2v) is 11.0. The Morgan fingerprint density at radius 2 is 1.78 bits per heavy atom. The number of amidine groups is 1. The predicted molar refractivity (Wildman–Crippen MR) is 151 cm³/mol. The number of hydrogen-bond acceptors (Lipinski definition) is 7. The molecule has 12 heteroatoms. The third-order valence-corrected chi connectivity index (χ3v) is 8.11. The molecule has 2 aliphatic heterocycles. The average Bonchev–Trinajstić information content (AvgIpc) is 3.72. The molecular formula is C29H30FN5O5S. The van der Waals surface area contributed by atoms with Gasteiger partial charge in [0.1, 0.15) is 17.7 Å². The zero-order valence-electron chi connectivity index (χ0n) is 22.4. The number of amides is 3. The number of nitrogen functional groups attached to an aromatic ring is 1. The number of carbonyl (C=O) groups is 3. The summed E-state index contributed by atoms with van der Waals surface area (Å²) in [5, 5.41) is 14.8. The highest BCUT2D eigenvalue weighted by molar-refractivity contribution is 7.10. The molecule has 10 nitrogen and oxygen atoms in total. The second-order valence-electron chi connectivity index (χ2n) is 10.0. The number of carbonyl (C=O) groups excluding carboxylic acids is 3. The largest absolute Gasteiger partial charge is 0.384 e. The summed E-state index contributed by atoms with van der Waals surface area (Å²) in [6.45, 7) is 2.39. The third kappa shape index (κ3) is 6.29. The molecule has 2 aliphatic rings. The summed E-state index contributed by atoms with van der Waals surface area (Å²) >= 11 is 1.37. The zero-order chi connectivity index (χ0) is 29.1. The molecule has 0 aliphatic carbocycles. The molecule has 5 N–H and O–H groups in total. The maximum atomic E-state index is 13.6. The number of nitrogens with zero attached hydrogens (tertiary/aromatic N) is 1. The van der Waals surface area contributed by atoms with E-state index in [1.807, 2.05) is 0 Å². The fraction of sp³-hybridized carbons (Fsp3) is 0.310. The van der Waals surface area contributed by atoms with Gasteiger partial charge in [0.05, 0.1) is 32.8 Å². The van der Waals surface area contributed by atoms with E-state index in [1.54, 1.807) is 54.8 Å². The molecule has 41 heavy (non-hydrogen) atoms. The van der Waals surface area contributed by atoms with Gasteiger partial charge in [0.25, 0.3) is 5.91 Å². The fourth-order valence-corrected chi connectivity index (χ4v) is 5.77. The third-order valence-electron chi connectivity index (χ3n) is 7.17. The highest BCUT2D eigenvalue weighted by Gasteiger charge is 2.52. The van der Waals surface area contributed by atoms with Gasteiger partial charge in [-0.25, -0.2) is 4.39 Å². The van der Waals surface area contributed by atoms with Crippen LogP contribution in [0.2, 0.25) is 0 Å². The van der Waals surface area contributed by atoms with E-state index in [4.69, 9.17) is 20.6 Å². The molecule has 2 fully saturated rings. The quantitative estimate of drug-likeness (QED) is 0.238. The Hall–Kier alpha value is -4.13. The maximum Gasteiger partial charge on any atom is 0.251 e. The summed E-state index contributed by atoms with van der Waals surface area (Å²) in [6.07, 6.45) is 0.173. The Labute approximate surface area is 240 Å². The summed E-state index contributed by atoms with van der Waals surface area (Å²) in [4.78, 5) is 41.4. The van der Waals surface area contributed by atoms with E-state index >= 15 is 0 Å². The van der Waals surface area contributed by atoms with Crippen LogP contribution in [0.25, 0.3) is 11.1 Å². The standard InChI is InChI=1S/C29H30FN5O5S/c1-17-10-20(6-7-23(17)30)18-2-4-19(5-3-18)27(37)34-14-25(36)35-16-29(39-8-9-40-29)12-24(35)28(38)33-13-22-11-21(15-41-22)26(31)32/h2-7,10-11,15,24H,8-9,12-14,16H2,1H3,(H3,31,32)(H,33,38)(H,34,37). The highest BCUT2D eigenvalue weighted by Crippen LogP contribution is 2.35. The van der Waals surface area contributed by atoms with Gasteiger partial charge < -0.3 is 30.7 Å². The van der Waals surface area contributed by atoms with Crippen molar-refractivity contribution in [3.63, 3.8) is 0 Å². The first kappa shape index (κ1) is 28.4. The van der Waals surface area contributed by atoms with Crippen LogP contribution < -0.4 is 16.4 Å². The Balaban J connectivity index is 1.21. The lowest BCUT2D eigenvalue weighted by atomic mass is 10.0. The lowest BCUT2D eigenvalue weighted by molar-refractivity contribution is -0.152. The van der Waals surface area contributed by atoms with Crippen LogP contribution in [0, 0.1) is 18.2 Å². The Kier molecular flexibility index (Phi) is 8.15. The van der Waals surface area contributed by atoms with Gasteiger partial charge >= 0.3 is 0 Å². The van der Waals surface area contributed by atoms with Crippen LogP contribution in [-0.2, 0) is 25.6 Å². The van der Waals surface area contributed by atoms with Gasteiger partial charge in [-0.1, -0.05) is 18.2 Å². The van der Waals surface area contributed by atoms with E-state index in [0.29, 0.717) is 29.9 Å². The topological polar surface area (TPSA) is 147 Å². The van der Waals surface area contributed by atoms with E-state index in [9.17, 15) is 18.8 Å². The zero-order valence-corrected chi connectivity index (χ0v) is 23.2. The van der Waals surface area contributed by atoms with Crippen LogP contribution in [0.3, 0.4) is 0 Å². The molecule has 3 heterocycles. The smallest absolute Gasteiger partial charge is 0.251 e. The molecule has 214 valence electrons. The van der Waals surface area contributed by atoms with Crippen LogP contribution in [0.5, 0.6) is 0 Å². The molecule has 0 radical (unpaired) electrons. The van der Waals surface area contributed by atoms with Crippen molar-refractivity contribution < 1.29 is 28.2 Å². The number of hydrogen-bond donors (Lipinski definition) is 4. The van der Waals surface area contributed by atoms with Gasteiger partial charge in [0, 0.05) is 27.8 Å². The van der Waals surface area contributed by atoms with Crippen molar-refractivity contribution in [3.05, 3.63) is 81.3 Å². The summed E-state index contributed by atoms with van der Waals surface area (Å²) in [7, 11) is 0. The van der Waals surface area contributed by atoms with Gasteiger partial charge in [0.15, 0.2) is 5.79 Å². The molecule has 3 amide bonds. The number of benzene rings is 2. The molecule has 5 rings (SSSR count). The van der Waals surface area contributed by atoms with E-state index in [0.717, 1.165) is 16.0 Å². The molecule has 1 unspecified atom stereocenters. The van der Waals surface area contributed by atoms with Crippen molar-refractivity contribution in [1.29, 1.82) is 5.41 Å². The molecule has 1 spiro atoms. The van der Waals surface area contributed by atoms with Crippen LogP contribution in [0.15, 0.2) is 53.9 Å². The van der Waals surface area contributed by atoms with Crippen LogP contribution >= 0.6 is 11.3 Å². The minimum absolute atomic E-state index is 0.0511. The van der Waals surface area contributed by atoms with Crippen molar-refractivity contribution in [1.82, 2.24) is 15.5 Å². The Morgan fingerprint density at radius 1 is 1.07 bits per heavy atom. The van der Waals surface area contributed by atoms with Crippen LogP contribution in [0.1, 0.15) is 32.8 Å². The molecule has 1 atom stereocenters. The van der Waals surface area contributed by atoms with Crippen LogP contribution in [-0.4, -0.2) is 66.6 Å². The van der Waals surface area contributed by atoms with E-state index in [2.05, 4.69) is 10.6 Å². The minimum atomic E-state index is -1.05.